The fraction of sp³-hybridized carbons (Fsp3) is 0.583. The summed E-state index contributed by atoms with van der Waals surface area (Å²) in [7, 11) is 0. The van der Waals surface area contributed by atoms with Crippen LogP contribution < -0.4 is 5.32 Å². The van der Waals surface area contributed by atoms with Crippen molar-refractivity contribution < 1.29 is 0 Å². The number of halogens is 1. The van der Waals surface area contributed by atoms with Crippen molar-refractivity contribution in [3.05, 3.63) is 29.0 Å². The number of pyridine rings is 1. The SMILES string of the molecule is CCC(C)(C)CNCc1cccnc1Cl. The highest BCUT2D eigenvalue weighted by atomic mass is 35.5. The van der Waals surface area contributed by atoms with E-state index in [1.54, 1.807) is 6.20 Å². The van der Waals surface area contributed by atoms with Crippen molar-refractivity contribution in [2.24, 2.45) is 5.41 Å². The summed E-state index contributed by atoms with van der Waals surface area (Å²) >= 11 is 5.96. The summed E-state index contributed by atoms with van der Waals surface area (Å²) in [5.41, 5.74) is 1.40. The molecule has 0 amide bonds. The van der Waals surface area contributed by atoms with Crippen LogP contribution >= 0.6 is 11.6 Å². The number of rotatable bonds is 5. The third kappa shape index (κ3) is 4.18. The summed E-state index contributed by atoms with van der Waals surface area (Å²) in [6.45, 7) is 8.50. The second kappa shape index (κ2) is 5.47. The summed E-state index contributed by atoms with van der Waals surface area (Å²) < 4.78 is 0. The van der Waals surface area contributed by atoms with Crippen molar-refractivity contribution in [1.29, 1.82) is 0 Å². The molecule has 0 saturated heterocycles. The molecule has 1 rings (SSSR count). The minimum Gasteiger partial charge on any atom is -0.312 e. The lowest BCUT2D eigenvalue weighted by atomic mass is 9.90. The fourth-order valence-electron chi connectivity index (χ4n) is 1.21. The molecule has 0 atom stereocenters. The highest BCUT2D eigenvalue weighted by molar-refractivity contribution is 6.30. The summed E-state index contributed by atoms with van der Waals surface area (Å²) in [5, 5.41) is 4.01. The van der Waals surface area contributed by atoms with Gasteiger partial charge in [-0.2, -0.15) is 0 Å². The molecule has 0 bridgehead atoms. The van der Waals surface area contributed by atoms with Gasteiger partial charge in [-0.3, -0.25) is 0 Å². The molecule has 1 heterocycles. The van der Waals surface area contributed by atoms with Crippen LogP contribution in [0.1, 0.15) is 32.8 Å². The molecule has 0 aromatic carbocycles. The zero-order chi connectivity index (χ0) is 11.3. The van der Waals surface area contributed by atoms with Gasteiger partial charge in [0.2, 0.25) is 0 Å². The summed E-state index contributed by atoms with van der Waals surface area (Å²) in [4.78, 5) is 4.04. The molecule has 0 aliphatic heterocycles. The smallest absolute Gasteiger partial charge is 0.133 e. The number of nitrogens with one attached hydrogen (secondary N) is 1. The number of nitrogens with zero attached hydrogens (tertiary/aromatic N) is 1. The molecule has 0 spiro atoms. The van der Waals surface area contributed by atoms with Crippen LogP contribution in [0.2, 0.25) is 5.15 Å². The first-order chi connectivity index (χ1) is 7.05. The van der Waals surface area contributed by atoms with E-state index in [9.17, 15) is 0 Å². The van der Waals surface area contributed by atoms with Crippen LogP contribution in [0.15, 0.2) is 18.3 Å². The largest absolute Gasteiger partial charge is 0.312 e. The molecule has 1 aromatic heterocycles. The van der Waals surface area contributed by atoms with E-state index in [-0.39, 0.29) is 0 Å². The minimum atomic E-state index is 0.342. The van der Waals surface area contributed by atoms with Crippen LogP contribution in [0, 0.1) is 5.41 Å². The van der Waals surface area contributed by atoms with E-state index >= 15 is 0 Å². The molecule has 15 heavy (non-hydrogen) atoms. The second-order valence-corrected chi connectivity index (χ2v) is 4.93. The first kappa shape index (κ1) is 12.5. The molecule has 84 valence electrons. The maximum absolute atomic E-state index is 5.96. The van der Waals surface area contributed by atoms with Gasteiger partial charge in [0.25, 0.3) is 0 Å². The maximum Gasteiger partial charge on any atom is 0.133 e. The van der Waals surface area contributed by atoms with Crippen molar-refractivity contribution in [3.63, 3.8) is 0 Å². The van der Waals surface area contributed by atoms with Crippen LogP contribution in [0.5, 0.6) is 0 Å². The zero-order valence-electron chi connectivity index (χ0n) is 9.68. The van der Waals surface area contributed by atoms with Gasteiger partial charge in [-0.25, -0.2) is 4.98 Å². The van der Waals surface area contributed by atoms with Crippen LogP contribution in [0.25, 0.3) is 0 Å². The number of hydrogen-bond donors (Lipinski definition) is 1. The van der Waals surface area contributed by atoms with E-state index in [4.69, 9.17) is 11.6 Å². The van der Waals surface area contributed by atoms with Gasteiger partial charge in [-0.05, 0) is 17.9 Å². The van der Waals surface area contributed by atoms with Gasteiger partial charge in [-0.15, -0.1) is 0 Å². The monoisotopic (exact) mass is 226 g/mol. The predicted octanol–water partition coefficient (Wildman–Crippen LogP) is 3.26. The van der Waals surface area contributed by atoms with E-state index in [1.165, 1.54) is 6.42 Å². The van der Waals surface area contributed by atoms with Gasteiger partial charge in [0.15, 0.2) is 0 Å². The third-order valence-corrected chi connectivity index (χ3v) is 3.05. The Bertz CT molecular complexity index is 310. The summed E-state index contributed by atoms with van der Waals surface area (Å²) in [6.07, 6.45) is 2.88. The zero-order valence-corrected chi connectivity index (χ0v) is 10.4. The Morgan fingerprint density at radius 1 is 1.47 bits per heavy atom. The van der Waals surface area contributed by atoms with Gasteiger partial charge in [-0.1, -0.05) is 38.4 Å². The van der Waals surface area contributed by atoms with Crippen molar-refractivity contribution in [2.75, 3.05) is 6.54 Å². The third-order valence-electron chi connectivity index (χ3n) is 2.71. The first-order valence-corrected chi connectivity index (χ1v) is 5.73. The van der Waals surface area contributed by atoms with Gasteiger partial charge in [0, 0.05) is 24.8 Å². The van der Waals surface area contributed by atoms with Crippen LogP contribution in [0.4, 0.5) is 0 Å². The van der Waals surface area contributed by atoms with E-state index in [0.29, 0.717) is 10.6 Å². The molecule has 3 heteroatoms. The molecule has 2 nitrogen and oxygen atoms in total. The van der Waals surface area contributed by atoms with E-state index in [1.807, 2.05) is 12.1 Å². The standard InChI is InChI=1S/C12H19ClN2/c1-4-12(2,3)9-14-8-10-6-5-7-15-11(10)13/h5-7,14H,4,8-9H2,1-3H3. The lowest BCUT2D eigenvalue weighted by Gasteiger charge is -2.23. The van der Waals surface area contributed by atoms with E-state index in [2.05, 4.69) is 31.1 Å². The Labute approximate surface area is 97.1 Å². The molecule has 0 aliphatic carbocycles. The number of hydrogen-bond acceptors (Lipinski definition) is 2. The molecule has 0 saturated carbocycles. The van der Waals surface area contributed by atoms with Gasteiger partial charge in [0.1, 0.15) is 5.15 Å². The fourth-order valence-corrected chi connectivity index (χ4v) is 1.40. The molecule has 1 N–H and O–H groups in total. The molecule has 0 aliphatic rings. The van der Waals surface area contributed by atoms with Crippen LogP contribution in [-0.2, 0) is 6.54 Å². The Morgan fingerprint density at radius 2 is 2.20 bits per heavy atom. The summed E-state index contributed by atoms with van der Waals surface area (Å²) in [6, 6.07) is 3.91. The Balaban J connectivity index is 2.42. The highest BCUT2D eigenvalue weighted by Gasteiger charge is 2.14. The second-order valence-electron chi connectivity index (χ2n) is 4.57. The van der Waals surface area contributed by atoms with Crippen LogP contribution in [0.3, 0.4) is 0 Å². The first-order valence-electron chi connectivity index (χ1n) is 5.35. The highest BCUT2D eigenvalue weighted by Crippen LogP contribution is 2.18. The average Bonchev–Trinajstić information content (AvgIpc) is 2.21. The topological polar surface area (TPSA) is 24.9 Å². The van der Waals surface area contributed by atoms with Crippen molar-refractivity contribution in [2.45, 2.75) is 33.7 Å². The van der Waals surface area contributed by atoms with E-state index in [0.717, 1.165) is 18.7 Å². The van der Waals surface area contributed by atoms with Crippen molar-refractivity contribution >= 4 is 11.6 Å². The summed E-state index contributed by atoms with van der Waals surface area (Å²) in [5.74, 6) is 0. The lowest BCUT2D eigenvalue weighted by Crippen LogP contribution is -2.28. The predicted molar refractivity (Wildman–Crippen MR) is 65.0 cm³/mol. The molecular weight excluding hydrogens is 208 g/mol. The van der Waals surface area contributed by atoms with Crippen LogP contribution in [-0.4, -0.2) is 11.5 Å². The average molecular weight is 227 g/mol. The molecular formula is C12H19ClN2. The molecule has 0 radical (unpaired) electrons. The van der Waals surface area contributed by atoms with Gasteiger partial charge in [0.05, 0.1) is 0 Å². The normalized spacial score (nSPS) is 11.7. The molecule has 0 unspecified atom stereocenters. The van der Waals surface area contributed by atoms with Gasteiger partial charge >= 0.3 is 0 Å². The van der Waals surface area contributed by atoms with Crippen molar-refractivity contribution in [3.8, 4) is 0 Å². The minimum absolute atomic E-state index is 0.342. The Hall–Kier alpha value is -0.600. The lowest BCUT2D eigenvalue weighted by molar-refractivity contribution is 0.327. The Kier molecular flexibility index (Phi) is 4.55. The Morgan fingerprint density at radius 3 is 2.80 bits per heavy atom. The number of aromatic nitrogens is 1. The quantitative estimate of drug-likeness (QED) is 0.780. The molecule has 1 aromatic rings. The van der Waals surface area contributed by atoms with Crippen molar-refractivity contribution in [1.82, 2.24) is 10.3 Å². The maximum atomic E-state index is 5.96. The van der Waals surface area contributed by atoms with Gasteiger partial charge < -0.3 is 5.32 Å². The molecule has 0 fully saturated rings. The van der Waals surface area contributed by atoms with E-state index < -0.39 is 0 Å².